The molecule has 1 aliphatic rings. The molecule has 0 amide bonds. The number of halogens is 2. The average molecular weight is 230 g/mol. The summed E-state index contributed by atoms with van der Waals surface area (Å²) in [4.78, 5) is 0. The number of aryl methyl sites for hydroxylation is 1. The molecule has 3 heteroatoms. The lowest BCUT2D eigenvalue weighted by Crippen LogP contribution is -2.35. The lowest BCUT2D eigenvalue weighted by atomic mass is 9.89. The summed E-state index contributed by atoms with van der Waals surface area (Å²) in [5, 5.41) is 4.73. The van der Waals surface area contributed by atoms with Crippen LogP contribution in [0.5, 0.6) is 0 Å². The average Bonchev–Trinajstić information content (AvgIpc) is 2.07. The van der Waals surface area contributed by atoms with Gasteiger partial charge in [0.2, 0.25) is 0 Å². The molecule has 1 heterocycles. The van der Waals surface area contributed by atoms with E-state index in [-0.39, 0.29) is 5.54 Å². The van der Waals surface area contributed by atoms with E-state index in [1.165, 1.54) is 5.56 Å². The van der Waals surface area contributed by atoms with E-state index in [4.69, 9.17) is 23.2 Å². The van der Waals surface area contributed by atoms with E-state index in [9.17, 15) is 0 Å². The third-order valence-electron chi connectivity index (χ3n) is 2.64. The number of benzene rings is 1. The van der Waals surface area contributed by atoms with Gasteiger partial charge in [-0.2, -0.15) is 0 Å². The first-order valence-electron chi connectivity index (χ1n) is 4.74. The standard InChI is InChI=1S/C11H13Cl2N/c1-11(2)4-3-7-5-8(12)9(13)6-10(7)14-11/h5-6,14H,3-4H2,1-2H3. The predicted molar refractivity (Wildman–Crippen MR) is 62.5 cm³/mol. The molecule has 0 saturated heterocycles. The van der Waals surface area contributed by atoms with Crippen LogP contribution in [0.15, 0.2) is 12.1 Å². The van der Waals surface area contributed by atoms with Gasteiger partial charge in [0.25, 0.3) is 0 Å². The van der Waals surface area contributed by atoms with Crippen LogP contribution in [0.2, 0.25) is 10.0 Å². The molecule has 0 unspecified atom stereocenters. The third kappa shape index (κ3) is 1.84. The molecule has 1 aromatic rings. The van der Waals surface area contributed by atoms with Gasteiger partial charge in [-0.15, -0.1) is 0 Å². The fourth-order valence-electron chi connectivity index (χ4n) is 1.79. The Hall–Kier alpha value is -0.400. The molecule has 76 valence electrons. The molecular formula is C11H13Cl2N. The molecule has 0 fully saturated rings. The molecule has 0 aromatic heterocycles. The van der Waals surface area contributed by atoms with Gasteiger partial charge in [-0.05, 0) is 44.4 Å². The molecule has 0 bridgehead atoms. The number of hydrogen-bond donors (Lipinski definition) is 1. The van der Waals surface area contributed by atoms with Gasteiger partial charge in [0.1, 0.15) is 0 Å². The van der Waals surface area contributed by atoms with Crippen molar-refractivity contribution in [2.75, 3.05) is 5.32 Å². The second-order valence-electron chi connectivity index (χ2n) is 4.43. The Morgan fingerprint density at radius 3 is 2.57 bits per heavy atom. The molecule has 14 heavy (non-hydrogen) atoms. The van der Waals surface area contributed by atoms with Gasteiger partial charge >= 0.3 is 0 Å². The van der Waals surface area contributed by atoms with E-state index >= 15 is 0 Å². The highest BCUT2D eigenvalue weighted by Gasteiger charge is 2.24. The van der Waals surface area contributed by atoms with E-state index in [1.807, 2.05) is 12.1 Å². The molecule has 1 nitrogen and oxygen atoms in total. The summed E-state index contributed by atoms with van der Waals surface area (Å²) in [6, 6.07) is 3.88. The minimum absolute atomic E-state index is 0.157. The quantitative estimate of drug-likeness (QED) is 0.706. The first kappa shape index (κ1) is 10.1. The third-order valence-corrected chi connectivity index (χ3v) is 3.36. The molecule has 2 rings (SSSR count). The zero-order valence-corrected chi connectivity index (χ0v) is 9.84. The molecule has 1 aliphatic heterocycles. The van der Waals surface area contributed by atoms with E-state index in [0.717, 1.165) is 18.5 Å². The largest absolute Gasteiger partial charge is 0.380 e. The lowest BCUT2D eigenvalue weighted by Gasteiger charge is -2.34. The molecule has 0 saturated carbocycles. The van der Waals surface area contributed by atoms with Crippen LogP contribution in [0, 0.1) is 0 Å². The van der Waals surface area contributed by atoms with E-state index in [0.29, 0.717) is 10.0 Å². The van der Waals surface area contributed by atoms with Crippen molar-refractivity contribution in [2.45, 2.75) is 32.2 Å². The first-order valence-corrected chi connectivity index (χ1v) is 5.50. The van der Waals surface area contributed by atoms with Crippen LogP contribution >= 0.6 is 23.2 Å². The maximum absolute atomic E-state index is 5.97. The van der Waals surface area contributed by atoms with Gasteiger partial charge in [-0.1, -0.05) is 23.2 Å². The number of fused-ring (bicyclic) bond motifs is 1. The molecule has 1 N–H and O–H groups in total. The Morgan fingerprint density at radius 1 is 1.21 bits per heavy atom. The number of nitrogens with one attached hydrogen (secondary N) is 1. The van der Waals surface area contributed by atoms with Gasteiger partial charge < -0.3 is 5.32 Å². The van der Waals surface area contributed by atoms with E-state index in [1.54, 1.807) is 0 Å². The summed E-state index contributed by atoms with van der Waals surface area (Å²) in [5.74, 6) is 0. The molecule has 0 radical (unpaired) electrons. The number of hydrogen-bond acceptors (Lipinski definition) is 1. The van der Waals surface area contributed by atoms with Crippen molar-refractivity contribution >= 4 is 28.9 Å². The minimum Gasteiger partial charge on any atom is -0.380 e. The molecule has 0 aliphatic carbocycles. The van der Waals surface area contributed by atoms with Crippen molar-refractivity contribution in [3.8, 4) is 0 Å². The summed E-state index contributed by atoms with van der Waals surface area (Å²) < 4.78 is 0. The van der Waals surface area contributed by atoms with E-state index in [2.05, 4.69) is 19.2 Å². The smallest absolute Gasteiger partial charge is 0.0613 e. The Kier molecular flexibility index (Phi) is 2.40. The fraction of sp³-hybridized carbons (Fsp3) is 0.455. The maximum Gasteiger partial charge on any atom is 0.0613 e. The molecule has 0 atom stereocenters. The summed E-state index contributed by atoms with van der Waals surface area (Å²) in [7, 11) is 0. The Morgan fingerprint density at radius 2 is 1.86 bits per heavy atom. The summed E-state index contributed by atoms with van der Waals surface area (Å²) in [5.41, 5.74) is 2.54. The van der Waals surface area contributed by atoms with Crippen molar-refractivity contribution in [1.82, 2.24) is 0 Å². The normalized spacial score (nSPS) is 18.6. The molecule has 1 aromatic carbocycles. The minimum atomic E-state index is 0.157. The van der Waals surface area contributed by atoms with Crippen LogP contribution in [0.1, 0.15) is 25.8 Å². The SMILES string of the molecule is CC1(C)CCc2cc(Cl)c(Cl)cc2N1. The van der Waals surface area contributed by atoms with Gasteiger partial charge in [-0.25, -0.2) is 0 Å². The highest BCUT2D eigenvalue weighted by atomic mass is 35.5. The monoisotopic (exact) mass is 229 g/mol. The van der Waals surface area contributed by atoms with Crippen molar-refractivity contribution in [1.29, 1.82) is 0 Å². The van der Waals surface area contributed by atoms with Gasteiger partial charge in [0.05, 0.1) is 10.0 Å². The zero-order valence-electron chi connectivity index (χ0n) is 8.32. The van der Waals surface area contributed by atoms with Crippen LogP contribution in [-0.2, 0) is 6.42 Å². The lowest BCUT2D eigenvalue weighted by molar-refractivity contribution is 0.502. The van der Waals surface area contributed by atoms with Crippen LogP contribution in [0.3, 0.4) is 0 Å². The topological polar surface area (TPSA) is 12.0 Å². The second kappa shape index (κ2) is 3.32. The highest BCUT2D eigenvalue weighted by molar-refractivity contribution is 6.42. The van der Waals surface area contributed by atoms with Gasteiger partial charge in [-0.3, -0.25) is 0 Å². The first-order chi connectivity index (χ1) is 6.48. The number of anilines is 1. The predicted octanol–water partition coefficient (Wildman–Crippen LogP) is 4.13. The van der Waals surface area contributed by atoms with Crippen molar-refractivity contribution in [3.05, 3.63) is 27.7 Å². The van der Waals surface area contributed by atoms with Crippen LogP contribution in [-0.4, -0.2) is 5.54 Å². The van der Waals surface area contributed by atoms with E-state index < -0.39 is 0 Å². The van der Waals surface area contributed by atoms with Crippen LogP contribution < -0.4 is 5.32 Å². The summed E-state index contributed by atoms with van der Waals surface area (Å²) in [6.07, 6.45) is 2.18. The highest BCUT2D eigenvalue weighted by Crippen LogP contribution is 2.35. The van der Waals surface area contributed by atoms with Crippen LogP contribution in [0.4, 0.5) is 5.69 Å². The maximum atomic E-state index is 5.97. The van der Waals surface area contributed by atoms with Crippen molar-refractivity contribution < 1.29 is 0 Å². The number of rotatable bonds is 0. The Bertz CT molecular complexity index is 372. The summed E-state index contributed by atoms with van der Waals surface area (Å²) in [6.45, 7) is 4.39. The Balaban J connectivity index is 2.43. The van der Waals surface area contributed by atoms with Crippen molar-refractivity contribution in [2.24, 2.45) is 0 Å². The fourth-order valence-corrected chi connectivity index (χ4v) is 2.14. The molecule has 0 spiro atoms. The van der Waals surface area contributed by atoms with Gasteiger partial charge in [0.15, 0.2) is 0 Å². The summed E-state index contributed by atoms with van der Waals surface area (Å²) >= 11 is 11.9. The van der Waals surface area contributed by atoms with Crippen molar-refractivity contribution in [3.63, 3.8) is 0 Å². The second-order valence-corrected chi connectivity index (χ2v) is 5.25. The van der Waals surface area contributed by atoms with Gasteiger partial charge in [0, 0.05) is 11.2 Å². The zero-order chi connectivity index (χ0) is 10.3. The molecular weight excluding hydrogens is 217 g/mol. The Labute approximate surface area is 94.4 Å². The van der Waals surface area contributed by atoms with Crippen LogP contribution in [0.25, 0.3) is 0 Å².